The number of anilines is 1. The van der Waals surface area contributed by atoms with Gasteiger partial charge in [0.2, 0.25) is 5.91 Å². The predicted molar refractivity (Wildman–Crippen MR) is 86.2 cm³/mol. The van der Waals surface area contributed by atoms with Gasteiger partial charge >= 0.3 is 0 Å². The molecule has 3 rings (SSSR count). The molecule has 1 unspecified atom stereocenters. The minimum atomic E-state index is -0.0888. The summed E-state index contributed by atoms with van der Waals surface area (Å²) in [6.45, 7) is 4.16. The predicted octanol–water partition coefficient (Wildman–Crippen LogP) is 4.33. The fourth-order valence-corrected chi connectivity index (χ4v) is 3.40. The number of aryl methyl sites for hydroxylation is 2. The van der Waals surface area contributed by atoms with Crippen LogP contribution >= 0.6 is 11.8 Å². The molecule has 1 amide bonds. The van der Waals surface area contributed by atoms with Gasteiger partial charge in [-0.1, -0.05) is 41.5 Å². The molecule has 0 fully saturated rings. The van der Waals surface area contributed by atoms with Crippen LogP contribution in [0, 0.1) is 13.8 Å². The molecule has 0 aliphatic carbocycles. The maximum Gasteiger partial charge on any atom is 0.242 e. The molecule has 0 saturated carbocycles. The van der Waals surface area contributed by atoms with E-state index in [9.17, 15) is 4.79 Å². The first kappa shape index (κ1) is 13.3. The third-order valence-electron chi connectivity index (χ3n) is 3.68. The van der Waals surface area contributed by atoms with E-state index in [0.29, 0.717) is 0 Å². The maximum absolute atomic E-state index is 12.1. The Morgan fingerprint density at radius 1 is 1.05 bits per heavy atom. The van der Waals surface area contributed by atoms with Crippen LogP contribution in [0.25, 0.3) is 11.1 Å². The Morgan fingerprint density at radius 2 is 1.75 bits per heavy atom. The molecule has 0 bridgehead atoms. The molecular weight excluding hydrogens is 266 g/mol. The first-order valence-corrected chi connectivity index (χ1v) is 7.94. The molecule has 20 heavy (non-hydrogen) atoms. The Hall–Kier alpha value is -1.74. The Bertz CT molecular complexity index is 676. The summed E-state index contributed by atoms with van der Waals surface area (Å²) >= 11 is 1.59. The maximum atomic E-state index is 12.1. The number of fused-ring (bicyclic) bond motifs is 1. The molecule has 1 atom stereocenters. The number of hydrogen-bond donors (Lipinski definition) is 1. The Morgan fingerprint density at radius 3 is 2.40 bits per heavy atom. The SMILES string of the molecule is CSC1C(=O)Nc2c(-c3ccc(C)cc3)cc(C)cc21. The van der Waals surface area contributed by atoms with Crippen LogP contribution in [0.3, 0.4) is 0 Å². The second-order valence-corrected chi connectivity index (χ2v) is 6.19. The molecule has 1 N–H and O–H groups in total. The van der Waals surface area contributed by atoms with Crippen LogP contribution in [0.5, 0.6) is 0 Å². The molecular formula is C17H17NOS. The molecule has 0 radical (unpaired) electrons. The summed E-state index contributed by atoms with van der Waals surface area (Å²) in [6, 6.07) is 12.7. The second-order valence-electron chi connectivity index (χ2n) is 5.25. The molecule has 0 aromatic heterocycles. The van der Waals surface area contributed by atoms with Gasteiger partial charge in [-0.2, -0.15) is 0 Å². The molecule has 2 aromatic rings. The van der Waals surface area contributed by atoms with Gasteiger partial charge in [0.15, 0.2) is 0 Å². The first-order valence-electron chi connectivity index (χ1n) is 6.65. The van der Waals surface area contributed by atoms with E-state index in [2.05, 4.69) is 55.6 Å². The fourth-order valence-electron chi connectivity index (χ4n) is 2.69. The van der Waals surface area contributed by atoms with Crippen molar-refractivity contribution >= 4 is 23.4 Å². The number of carbonyl (C=O) groups excluding carboxylic acids is 1. The lowest BCUT2D eigenvalue weighted by molar-refractivity contribution is -0.115. The summed E-state index contributed by atoms with van der Waals surface area (Å²) in [5.41, 5.74) is 6.78. The third kappa shape index (κ3) is 2.12. The van der Waals surface area contributed by atoms with Crippen LogP contribution in [0.2, 0.25) is 0 Å². The average molecular weight is 283 g/mol. The summed E-state index contributed by atoms with van der Waals surface area (Å²) in [5.74, 6) is 0.0893. The van der Waals surface area contributed by atoms with Crippen molar-refractivity contribution in [1.29, 1.82) is 0 Å². The number of rotatable bonds is 2. The Labute approximate surface area is 123 Å². The van der Waals surface area contributed by atoms with Crippen molar-refractivity contribution in [2.45, 2.75) is 19.1 Å². The summed E-state index contributed by atoms with van der Waals surface area (Å²) in [6.07, 6.45) is 1.98. The zero-order valence-electron chi connectivity index (χ0n) is 11.9. The molecule has 1 aliphatic rings. The normalized spacial score (nSPS) is 16.9. The summed E-state index contributed by atoms with van der Waals surface area (Å²) in [4.78, 5) is 12.1. The highest BCUT2D eigenvalue weighted by atomic mass is 32.2. The molecule has 1 aliphatic heterocycles. The van der Waals surface area contributed by atoms with Gasteiger partial charge in [0.1, 0.15) is 5.25 Å². The second kappa shape index (κ2) is 4.98. The number of benzene rings is 2. The molecule has 102 valence electrons. The van der Waals surface area contributed by atoms with E-state index in [1.165, 1.54) is 11.1 Å². The molecule has 0 saturated heterocycles. The number of amides is 1. The van der Waals surface area contributed by atoms with Gasteiger partial charge in [0.25, 0.3) is 0 Å². The van der Waals surface area contributed by atoms with Crippen molar-refractivity contribution in [1.82, 2.24) is 0 Å². The molecule has 2 aromatic carbocycles. The van der Waals surface area contributed by atoms with Crippen molar-refractivity contribution in [3.05, 3.63) is 53.1 Å². The van der Waals surface area contributed by atoms with Crippen molar-refractivity contribution < 1.29 is 4.79 Å². The number of thioether (sulfide) groups is 1. The van der Waals surface area contributed by atoms with Crippen molar-refractivity contribution in [2.75, 3.05) is 11.6 Å². The number of carbonyl (C=O) groups is 1. The van der Waals surface area contributed by atoms with Crippen LogP contribution in [-0.4, -0.2) is 12.2 Å². The molecule has 3 heteroatoms. The minimum absolute atomic E-state index is 0.0888. The fraction of sp³-hybridized carbons (Fsp3) is 0.235. The topological polar surface area (TPSA) is 29.1 Å². The van der Waals surface area contributed by atoms with Crippen molar-refractivity contribution in [2.24, 2.45) is 0 Å². The van der Waals surface area contributed by atoms with Crippen LogP contribution in [-0.2, 0) is 4.79 Å². The van der Waals surface area contributed by atoms with Crippen molar-refractivity contribution in [3.8, 4) is 11.1 Å². The summed E-state index contributed by atoms with van der Waals surface area (Å²) in [5, 5.41) is 2.96. The van der Waals surface area contributed by atoms with Gasteiger partial charge < -0.3 is 5.32 Å². The molecule has 2 nitrogen and oxygen atoms in total. The summed E-state index contributed by atoms with van der Waals surface area (Å²) in [7, 11) is 0. The van der Waals surface area contributed by atoms with Gasteiger partial charge in [0.05, 0.1) is 5.69 Å². The van der Waals surface area contributed by atoms with E-state index >= 15 is 0 Å². The van der Waals surface area contributed by atoms with Gasteiger partial charge in [-0.15, -0.1) is 11.8 Å². The van der Waals surface area contributed by atoms with Gasteiger partial charge in [-0.25, -0.2) is 0 Å². The lowest BCUT2D eigenvalue weighted by atomic mass is 9.97. The van der Waals surface area contributed by atoms with E-state index in [-0.39, 0.29) is 11.2 Å². The molecule has 0 spiro atoms. The first-order chi connectivity index (χ1) is 9.60. The lowest BCUT2D eigenvalue weighted by Gasteiger charge is -2.11. The highest BCUT2D eigenvalue weighted by Gasteiger charge is 2.31. The van der Waals surface area contributed by atoms with Crippen LogP contribution in [0.4, 0.5) is 5.69 Å². The average Bonchev–Trinajstić information content (AvgIpc) is 2.74. The number of nitrogens with one attached hydrogen (secondary N) is 1. The standard InChI is InChI=1S/C17H17NOS/c1-10-4-6-12(7-5-10)13-8-11(2)9-14-15(13)18-17(19)16(14)20-3/h4-9,16H,1-3H3,(H,18,19). The highest BCUT2D eigenvalue weighted by Crippen LogP contribution is 2.44. The Kier molecular flexibility index (Phi) is 3.30. The van der Waals surface area contributed by atoms with Gasteiger partial charge in [-0.3, -0.25) is 4.79 Å². The third-order valence-corrected chi connectivity index (χ3v) is 4.62. The van der Waals surface area contributed by atoms with Gasteiger partial charge in [0, 0.05) is 5.56 Å². The van der Waals surface area contributed by atoms with Crippen molar-refractivity contribution in [3.63, 3.8) is 0 Å². The van der Waals surface area contributed by atoms with E-state index in [0.717, 1.165) is 22.4 Å². The van der Waals surface area contributed by atoms with E-state index in [1.54, 1.807) is 11.8 Å². The largest absolute Gasteiger partial charge is 0.324 e. The van der Waals surface area contributed by atoms with E-state index in [1.807, 2.05) is 6.26 Å². The molecule has 1 heterocycles. The monoisotopic (exact) mass is 283 g/mol. The smallest absolute Gasteiger partial charge is 0.242 e. The van der Waals surface area contributed by atoms with Crippen LogP contribution in [0.15, 0.2) is 36.4 Å². The quantitative estimate of drug-likeness (QED) is 0.889. The van der Waals surface area contributed by atoms with E-state index < -0.39 is 0 Å². The minimum Gasteiger partial charge on any atom is -0.324 e. The van der Waals surface area contributed by atoms with Crippen LogP contribution in [0.1, 0.15) is 21.9 Å². The highest BCUT2D eigenvalue weighted by molar-refractivity contribution is 7.99. The zero-order chi connectivity index (χ0) is 14.3. The van der Waals surface area contributed by atoms with Crippen LogP contribution < -0.4 is 5.32 Å². The Balaban J connectivity index is 2.19. The van der Waals surface area contributed by atoms with E-state index in [4.69, 9.17) is 0 Å². The summed E-state index contributed by atoms with van der Waals surface area (Å²) < 4.78 is 0. The zero-order valence-corrected chi connectivity index (χ0v) is 12.7. The van der Waals surface area contributed by atoms with Gasteiger partial charge in [-0.05, 0) is 37.3 Å². The lowest BCUT2D eigenvalue weighted by Crippen LogP contribution is -2.08. The number of hydrogen-bond acceptors (Lipinski definition) is 2.